The average molecular weight is 403 g/mol. The minimum Gasteiger partial charge on any atom is -0.358 e. The highest BCUT2D eigenvalue weighted by Gasteiger charge is 2.16. The van der Waals surface area contributed by atoms with Crippen LogP contribution in [0.3, 0.4) is 0 Å². The van der Waals surface area contributed by atoms with E-state index in [9.17, 15) is 14.9 Å². The monoisotopic (exact) mass is 402 g/mol. The van der Waals surface area contributed by atoms with Crippen molar-refractivity contribution in [3.63, 3.8) is 0 Å². The molecule has 9 nitrogen and oxygen atoms in total. The maximum atomic E-state index is 12.2. The molecule has 0 fully saturated rings. The number of carbonyl (C=O) groups excluding carboxylic acids is 1. The maximum Gasteiger partial charge on any atom is 0.390 e. The van der Waals surface area contributed by atoms with Gasteiger partial charge in [0.25, 0.3) is 0 Å². The standard InChI is InChI=1S/C18H19ClN6O3/c1-12-8-16(21-24(12)11-14-4-3-5-15(19)10-14)20-18(26)6-7-23-13(2)9-17(22-23)25(27)28/h3-5,8-10H,6-7,11H2,1-2H3,(H,20,21,26). The number of nitrogens with zero attached hydrogens (tertiary/aromatic N) is 5. The Bertz CT molecular complexity index is 1030. The summed E-state index contributed by atoms with van der Waals surface area (Å²) < 4.78 is 3.23. The summed E-state index contributed by atoms with van der Waals surface area (Å²) in [4.78, 5) is 22.4. The number of nitrogens with one attached hydrogen (secondary N) is 1. The maximum absolute atomic E-state index is 12.2. The van der Waals surface area contributed by atoms with Gasteiger partial charge in [-0.25, -0.2) is 0 Å². The lowest BCUT2D eigenvalue weighted by Crippen LogP contribution is -2.16. The highest BCUT2D eigenvalue weighted by Crippen LogP contribution is 2.15. The summed E-state index contributed by atoms with van der Waals surface area (Å²) in [6.45, 7) is 4.39. The first-order valence-electron chi connectivity index (χ1n) is 8.59. The zero-order valence-corrected chi connectivity index (χ0v) is 16.2. The fourth-order valence-electron chi connectivity index (χ4n) is 2.76. The lowest BCUT2D eigenvalue weighted by atomic mass is 10.2. The van der Waals surface area contributed by atoms with E-state index in [1.807, 2.05) is 31.2 Å². The van der Waals surface area contributed by atoms with Crippen molar-refractivity contribution in [2.75, 3.05) is 5.32 Å². The Balaban J connectivity index is 1.59. The van der Waals surface area contributed by atoms with Crippen LogP contribution >= 0.6 is 11.6 Å². The van der Waals surface area contributed by atoms with Crippen molar-refractivity contribution in [2.45, 2.75) is 33.4 Å². The normalized spacial score (nSPS) is 10.8. The van der Waals surface area contributed by atoms with Gasteiger partial charge in [0, 0.05) is 23.2 Å². The van der Waals surface area contributed by atoms with E-state index in [1.165, 1.54) is 10.7 Å². The van der Waals surface area contributed by atoms with Crippen LogP contribution < -0.4 is 5.32 Å². The van der Waals surface area contributed by atoms with Crippen LogP contribution in [0.2, 0.25) is 5.02 Å². The van der Waals surface area contributed by atoms with E-state index >= 15 is 0 Å². The predicted octanol–water partition coefficient (Wildman–Crippen LogP) is 3.34. The van der Waals surface area contributed by atoms with E-state index in [1.54, 1.807) is 17.7 Å². The van der Waals surface area contributed by atoms with Gasteiger partial charge in [-0.3, -0.25) is 9.48 Å². The second kappa shape index (κ2) is 8.22. The van der Waals surface area contributed by atoms with Crippen LogP contribution in [0.1, 0.15) is 23.4 Å². The fraction of sp³-hybridized carbons (Fsp3) is 0.278. The molecule has 146 valence electrons. The van der Waals surface area contributed by atoms with Gasteiger partial charge in [-0.05, 0) is 36.5 Å². The molecular weight excluding hydrogens is 384 g/mol. The molecule has 1 amide bonds. The molecule has 0 bridgehead atoms. The summed E-state index contributed by atoms with van der Waals surface area (Å²) in [5.41, 5.74) is 2.53. The molecule has 2 aromatic heterocycles. The molecule has 0 atom stereocenters. The first-order chi connectivity index (χ1) is 13.3. The third-order valence-electron chi connectivity index (χ3n) is 4.18. The Hall–Kier alpha value is -3.20. The van der Waals surface area contributed by atoms with E-state index in [0.717, 1.165) is 11.3 Å². The predicted molar refractivity (Wildman–Crippen MR) is 104 cm³/mol. The number of hydrogen-bond donors (Lipinski definition) is 1. The number of halogens is 1. The lowest BCUT2D eigenvalue weighted by Gasteiger charge is -2.05. The van der Waals surface area contributed by atoms with Crippen molar-refractivity contribution in [3.05, 3.63) is 68.5 Å². The molecule has 3 aromatic rings. The number of carbonyl (C=O) groups is 1. The van der Waals surface area contributed by atoms with Gasteiger partial charge in [-0.1, -0.05) is 23.7 Å². The van der Waals surface area contributed by atoms with E-state index in [4.69, 9.17) is 11.6 Å². The molecule has 10 heteroatoms. The van der Waals surface area contributed by atoms with Gasteiger partial charge in [0.15, 0.2) is 5.82 Å². The minimum absolute atomic E-state index is 0.125. The molecule has 0 saturated heterocycles. The SMILES string of the molecule is Cc1cc(NC(=O)CCn2nc([N+](=O)[O-])cc2C)nn1Cc1cccc(Cl)c1. The number of aromatic nitrogens is 4. The van der Waals surface area contributed by atoms with Gasteiger partial charge in [-0.2, -0.15) is 9.78 Å². The van der Waals surface area contributed by atoms with Crippen molar-refractivity contribution in [3.8, 4) is 0 Å². The topological polar surface area (TPSA) is 108 Å². The van der Waals surface area contributed by atoms with Gasteiger partial charge in [0.05, 0.1) is 29.9 Å². The van der Waals surface area contributed by atoms with Crippen LogP contribution in [0.15, 0.2) is 36.4 Å². The Morgan fingerprint density at radius 2 is 1.93 bits per heavy atom. The Morgan fingerprint density at radius 3 is 2.61 bits per heavy atom. The highest BCUT2D eigenvalue weighted by molar-refractivity contribution is 6.30. The number of anilines is 1. The highest BCUT2D eigenvalue weighted by atomic mass is 35.5. The van der Waals surface area contributed by atoms with E-state index < -0.39 is 4.92 Å². The smallest absolute Gasteiger partial charge is 0.358 e. The van der Waals surface area contributed by atoms with Crippen molar-refractivity contribution < 1.29 is 9.72 Å². The molecule has 0 aliphatic rings. The fourth-order valence-corrected chi connectivity index (χ4v) is 2.97. The zero-order valence-electron chi connectivity index (χ0n) is 15.4. The number of nitro groups is 1. The van der Waals surface area contributed by atoms with Crippen molar-refractivity contribution >= 4 is 29.1 Å². The van der Waals surface area contributed by atoms with E-state index in [2.05, 4.69) is 15.5 Å². The molecule has 0 saturated carbocycles. The largest absolute Gasteiger partial charge is 0.390 e. The molecular formula is C18H19ClN6O3. The second-order valence-corrected chi connectivity index (χ2v) is 6.82. The van der Waals surface area contributed by atoms with Crippen molar-refractivity contribution in [1.82, 2.24) is 19.6 Å². The van der Waals surface area contributed by atoms with Gasteiger partial charge < -0.3 is 15.4 Å². The molecule has 1 N–H and O–H groups in total. The van der Waals surface area contributed by atoms with Gasteiger partial charge >= 0.3 is 5.82 Å². The second-order valence-electron chi connectivity index (χ2n) is 6.38. The van der Waals surface area contributed by atoms with Crippen LogP contribution in [-0.4, -0.2) is 30.4 Å². The summed E-state index contributed by atoms with van der Waals surface area (Å²) in [5, 5.41) is 22.4. The molecule has 0 radical (unpaired) electrons. The Labute approximate surface area is 166 Å². The molecule has 2 heterocycles. The van der Waals surface area contributed by atoms with Crippen LogP contribution in [0, 0.1) is 24.0 Å². The number of benzene rings is 1. The van der Waals surface area contributed by atoms with Gasteiger partial charge in [0.2, 0.25) is 5.91 Å². The lowest BCUT2D eigenvalue weighted by molar-refractivity contribution is -0.389. The number of rotatable bonds is 7. The first kappa shape index (κ1) is 19.6. The van der Waals surface area contributed by atoms with Crippen LogP contribution in [0.5, 0.6) is 0 Å². The Kier molecular flexibility index (Phi) is 5.74. The quantitative estimate of drug-likeness (QED) is 0.481. The summed E-state index contributed by atoms with van der Waals surface area (Å²) in [7, 11) is 0. The third-order valence-corrected chi connectivity index (χ3v) is 4.41. The molecule has 3 rings (SSSR count). The average Bonchev–Trinajstić information content (AvgIpc) is 3.16. The van der Waals surface area contributed by atoms with Crippen LogP contribution in [0.4, 0.5) is 11.6 Å². The zero-order chi connectivity index (χ0) is 20.3. The summed E-state index contributed by atoms with van der Waals surface area (Å²) in [6.07, 6.45) is 0.125. The summed E-state index contributed by atoms with van der Waals surface area (Å²) in [5.74, 6) is -0.0223. The molecule has 0 aliphatic carbocycles. The summed E-state index contributed by atoms with van der Waals surface area (Å²) in [6, 6.07) is 10.7. The molecule has 1 aromatic carbocycles. The molecule has 28 heavy (non-hydrogen) atoms. The van der Waals surface area contributed by atoms with Crippen LogP contribution in [-0.2, 0) is 17.9 Å². The summed E-state index contributed by atoms with van der Waals surface area (Å²) >= 11 is 6.01. The van der Waals surface area contributed by atoms with Gasteiger partial charge in [0.1, 0.15) is 0 Å². The number of amides is 1. The molecule has 0 spiro atoms. The third kappa shape index (κ3) is 4.74. The van der Waals surface area contributed by atoms with E-state index in [-0.39, 0.29) is 24.7 Å². The van der Waals surface area contributed by atoms with E-state index in [0.29, 0.717) is 23.1 Å². The van der Waals surface area contributed by atoms with Crippen molar-refractivity contribution in [2.24, 2.45) is 0 Å². The molecule has 0 aliphatic heterocycles. The minimum atomic E-state index is -0.557. The number of hydrogen-bond acceptors (Lipinski definition) is 5. The Morgan fingerprint density at radius 1 is 1.18 bits per heavy atom. The molecule has 0 unspecified atom stereocenters. The van der Waals surface area contributed by atoms with Crippen LogP contribution in [0.25, 0.3) is 0 Å². The first-order valence-corrected chi connectivity index (χ1v) is 8.97. The van der Waals surface area contributed by atoms with Crippen molar-refractivity contribution in [1.29, 1.82) is 0 Å². The van der Waals surface area contributed by atoms with Gasteiger partial charge in [-0.15, -0.1) is 0 Å². The number of aryl methyl sites for hydroxylation is 3.